The number of fused-ring (bicyclic) bond motifs is 1. The predicted octanol–water partition coefficient (Wildman–Crippen LogP) is 2.16. The minimum absolute atomic E-state index is 0.197. The predicted molar refractivity (Wildman–Crippen MR) is 73.0 cm³/mol. The van der Waals surface area contributed by atoms with Crippen LogP contribution in [0, 0.1) is 0 Å². The van der Waals surface area contributed by atoms with E-state index >= 15 is 0 Å². The van der Waals surface area contributed by atoms with Crippen molar-refractivity contribution < 1.29 is 4.79 Å². The van der Waals surface area contributed by atoms with Gasteiger partial charge in [-0.1, -0.05) is 24.3 Å². The number of benzene rings is 1. The Bertz CT molecular complexity index is 635. The van der Waals surface area contributed by atoms with E-state index in [0.717, 1.165) is 24.2 Å². The maximum absolute atomic E-state index is 11.9. The van der Waals surface area contributed by atoms with Gasteiger partial charge in [0.15, 0.2) is 0 Å². The summed E-state index contributed by atoms with van der Waals surface area (Å²) in [7, 11) is 0. The van der Waals surface area contributed by atoms with Gasteiger partial charge in [-0.3, -0.25) is 9.78 Å². The normalized spacial score (nSPS) is 15.3. The van der Waals surface area contributed by atoms with Crippen LogP contribution < -0.4 is 5.43 Å². The molecule has 0 spiro atoms. The average Bonchev–Trinajstić information content (AvgIpc) is 2.89. The first-order valence-electron chi connectivity index (χ1n) is 6.21. The molecule has 19 heavy (non-hydrogen) atoms. The van der Waals surface area contributed by atoms with E-state index in [4.69, 9.17) is 0 Å². The SMILES string of the molecule is O=C(N/N=C1\CCc2cccnc21)c1ccccc1. The number of hydrazone groups is 1. The molecular weight excluding hydrogens is 238 g/mol. The van der Waals surface area contributed by atoms with E-state index < -0.39 is 0 Å². The highest BCUT2D eigenvalue weighted by Gasteiger charge is 2.18. The monoisotopic (exact) mass is 251 g/mol. The fourth-order valence-corrected chi connectivity index (χ4v) is 2.15. The van der Waals surface area contributed by atoms with Gasteiger partial charge < -0.3 is 0 Å². The summed E-state index contributed by atoms with van der Waals surface area (Å²) >= 11 is 0. The lowest BCUT2D eigenvalue weighted by atomic mass is 10.2. The standard InChI is InChI=1S/C15H13N3O/c19-15(12-5-2-1-3-6-12)18-17-13-9-8-11-7-4-10-16-14(11)13/h1-7,10H,8-9H2,(H,18,19)/b17-13+. The third-order valence-corrected chi connectivity index (χ3v) is 3.12. The van der Waals surface area contributed by atoms with Crippen LogP contribution in [0.2, 0.25) is 0 Å². The lowest BCUT2D eigenvalue weighted by Crippen LogP contribution is -2.19. The van der Waals surface area contributed by atoms with Crippen LogP contribution in [0.5, 0.6) is 0 Å². The van der Waals surface area contributed by atoms with Crippen LogP contribution in [0.15, 0.2) is 53.8 Å². The zero-order valence-electron chi connectivity index (χ0n) is 10.3. The van der Waals surface area contributed by atoms with E-state index in [9.17, 15) is 4.79 Å². The molecule has 1 aliphatic carbocycles. The molecule has 1 aromatic carbocycles. The van der Waals surface area contributed by atoms with E-state index in [1.807, 2.05) is 30.3 Å². The molecule has 3 rings (SSSR count). The third-order valence-electron chi connectivity index (χ3n) is 3.12. The molecule has 0 aliphatic heterocycles. The second kappa shape index (κ2) is 5.02. The molecule has 0 saturated heterocycles. The van der Waals surface area contributed by atoms with Gasteiger partial charge in [-0.25, -0.2) is 5.43 Å². The molecule has 0 radical (unpaired) electrons. The zero-order valence-corrected chi connectivity index (χ0v) is 10.3. The summed E-state index contributed by atoms with van der Waals surface area (Å²) in [6, 6.07) is 13.0. The fourth-order valence-electron chi connectivity index (χ4n) is 2.15. The Morgan fingerprint density at radius 1 is 1.11 bits per heavy atom. The number of hydrogen-bond acceptors (Lipinski definition) is 3. The summed E-state index contributed by atoms with van der Waals surface area (Å²) in [4.78, 5) is 16.2. The van der Waals surface area contributed by atoms with Crippen molar-refractivity contribution in [3.63, 3.8) is 0 Å². The molecular formula is C15H13N3O. The lowest BCUT2D eigenvalue weighted by Gasteiger charge is -2.01. The molecule has 94 valence electrons. The van der Waals surface area contributed by atoms with Crippen molar-refractivity contribution >= 4 is 11.6 Å². The number of amides is 1. The number of pyridine rings is 1. The Morgan fingerprint density at radius 3 is 2.79 bits per heavy atom. The van der Waals surface area contributed by atoms with Crippen LogP contribution in [0.25, 0.3) is 0 Å². The Labute approximate surface area is 111 Å². The van der Waals surface area contributed by atoms with E-state index in [1.54, 1.807) is 18.3 Å². The lowest BCUT2D eigenvalue weighted by molar-refractivity contribution is 0.0955. The minimum atomic E-state index is -0.197. The van der Waals surface area contributed by atoms with Crippen molar-refractivity contribution in [1.29, 1.82) is 0 Å². The molecule has 0 fully saturated rings. The van der Waals surface area contributed by atoms with Crippen molar-refractivity contribution in [2.45, 2.75) is 12.8 Å². The molecule has 4 nitrogen and oxygen atoms in total. The second-order valence-electron chi connectivity index (χ2n) is 4.38. The molecule has 1 aromatic heterocycles. The summed E-state index contributed by atoms with van der Waals surface area (Å²) in [6.07, 6.45) is 3.50. The molecule has 0 unspecified atom stereocenters. The highest BCUT2D eigenvalue weighted by atomic mass is 16.2. The van der Waals surface area contributed by atoms with Gasteiger partial charge in [0, 0.05) is 11.8 Å². The molecule has 1 N–H and O–H groups in total. The summed E-state index contributed by atoms with van der Waals surface area (Å²) in [5.74, 6) is -0.197. The largest absolute Gasteiger partial charge is 0.271 e. The highest BCUT2D eigenvalue weighted by Crippen LogP contribution is 2.19. The van der Waals surface area contributed by atoms with Gasteiger partial charge >= 0.3 is 0 Å². The number of aromatic nitrogens is 1. The maximum atomic E-state index is 11.9. The van der Waals surface area contributed by atoms with Gasteiger partial charge in [0.1, 0.15) is 0 Å². The van der Waals surface area contributed by atoms with E-state index in [-0.39, 0.29) is 5.91 Å². The van der Waals surface area contributed by atoms with Gasteiger partial charge in [-0.2, -0.15) is 5.10 Å². The number of carbonyl (C=O) groups excluding carboxylic acids is 1. The molecule has 4 heteroatoms. The van der Waals surface area contributed by atoms with Gasteiger partial charge in [-0.15, -0.1) is 0 Å². The van der Waals surface area contributed by atoms with E-state index in [2.05, 4.69) is 15.5 Å². The molecule has 2 aromatic rings. The quantitative estimate of drug-likeness (QED) is 0.831. The average molecular weight is 251 g/mol. The third kappa shape index (κ3) is 2.38. The number of nitrogens with zero attached hydrogens (tertiary/aromatic N) is 2. The fraction of sp³-hybridized carbons (Fsp3) is 0.133. The number of rotatable bonds is 2. The second-order valence-corrected chi connectivity index (χ2v) is 4.38. The molecule has 1 amide bonds. The van der Waals surface area contributed by atoms with Crippen molar-refractivity contribution in [2.24, 2.45) is 5.10 Å². The first kappa shape index (κ1) is 11.6. The summed E-state index contributed by atoms with van der Waals surface area (Å²) in [5, 5.41) is 4.20. The van der Waals surface area contributed by atoms with Crippen LogP contribution in [0.3, 0.4) is 0 Å². The van der Waals surface area contributed by atoms with Crippen molar-refractivity contribution in [3.05, 3.63) is 65.5 Å². The molecule has 1 heterocycles. The Balaban J connectivity index is 1.77. The van der Waals surface area contributed by atoms with Crippen molar-refractivity contribution in [3.8, 4) is 0 Å². The van der Waals surface area contributed by atoms with Crippen LogP contribution in [-0.2, 0) is 6.42 Å². The summed E-state index contributed by atoms with van der Waals surface area (Å²) in [5.41, 5.74) is 6.13. The topological polar surface area (TPSA) is 54.4 Å². The number of aryl methyl sites for hydroxylation is 1. The van der Waals surface area contributed by atoms with Crippen LogP contribution in [0.1, 0.15) is 28.0 Å². The highest BCUT2D eigenvalue weighted by molar-refractivity contribution is 6.04. The Hall–Kier alpha value is -2.49. The van der Waals surface area contributed by atoms with Gasteiger partial charge in [0.05, 0.1) is 11.4 Å². The van der Waals surface area contributed by atoms with Crippen molar-refractivity contribution in [1.82, 2.24) is 10.4 Å². The first-order valence-corrected chi connectivity index (χ1v) is 6.21. The summed E-state index contributed by atoms with van der Waals surface area (Å²) < 4.78 is 0. The van der Waals surface area contributed by atoms with Gasteiger partial charge in [0.25, 0.3) is 5.91 Å². The maximum Gasteiger partial charge on any atom is 0.271 e. The van der Waals surface area contributed by atoms with Crippen LogP contribution >= 0.6 is 0 Å². The van der Waals surface area contributed by atoms with Crippen LogP contribution in [-0.4, -0.2) is 16.6 Å². The number of nitrogens with one attached hydrogen (secondary N) is 1. The molecule has 0 bridgehead atoms. The van der Waals surface area contributed by atoms with Crippen molar-refractivity contribution in [2.75, 3.05) is 0 Å². The van der Waals surface area contributed by atoms with E-state index in [1.165, 1.54) is 5.56 Å². The Morgan fingerprint density at radius 2 is 1.95 bits per heavy atom. The molecule has 0 atom stereocenters. The first-order chi connectivity index (χ1) is 9.34. The van der Waals surface area contributed by atoms with E-state index in [0.29, 0.717) is 5.56 Å². The Kier molecular flexibility index (Phi) is 3.06. The van der Waals surface area contributed by atoms with Crippen LogP contribution in [0.4, 0.5) is 0 Å². The number of carbonyl (C=O) groups is 1. The summed E-state index contributed by atoms with van der Waals surface area (Å²) in [6.45, 7) is 0. The molecule has 1 aliphatic rings. The van der Waals surface area contributed by atoms with Gasteiger partial charge in [-0.05, 0) is 36.6 Å². The number of hydrogen-bond donors (Lipinski definition) is 1. The van der Waals surface area contributed by atoms with Gasteiger partial charge in [0.2, 0.25) is 0 Å². The smallest absolute Gasteiger partial charge is 0.267 e. The minimum Gasteiger partial charge on any atom is -0.267 e. The zero-order chi connectivity index (χ0) is 13.1. The molecule has 0 saturated carbocycles.